The smallest absolute Gasteiger partial charge is 0.265 e. The van der Waals surface area contributed by atoms with E-state index < -0.39 is 20.0 Å². The second kappa shape index (κ2) is 9.11. The molecule has 1 N–H and O–H groups in total. The van der Waals surface area contributed by atoms with Crippen molar-refractivity contribution in [3.05, 3.63) is 47.5 Å². The summed E-state index contributed by atoms with van der Waals surface area (Å²) in [6.45, 7) is 4.21. The lowest BCUT2D eigenvalue weighted by atomic mass is 10.3. The monoisotopic (exact) mass is 473 g/mol. The average molecular weight is 474 g/mol. The SMILES string of the molecule is CCOc1ccc(Cl)cc1S(=O)(=O)Nc1ccc(S(=O)(=O)N2CCN(C)CC2)cc1. The van der Waals surface area contributed by atoms with E-state index in [1.165, 1.54) is 40.7 Å². The lowest BCUT2D eigenvalue weighted by molar-refractivity contribution is 0.222. The molecule has 0 atom stereocenters. The molecule has 164 valence electrons. The molecule has 0 bridgehead atoms. The van der Waals surface area contributed by atoms with Gasteiger partial charge in [-0.05, 0) is 56.4 Å². The maximum atomic E-state index is 12.8. The number of rotatable bonds is 7. The van der Waals surface area contributed by atoms with Gasteiger partial charge < -0.3 is 9.64 Å². The van der Waals surface area contributed by atoms with Gasteiger partial charge >= 0.3 is 0 Å². The molecule has 0 spiro atoms. The fourth-order valence-electron chi connectivity index (χ4n) is 3.05. The molecule has 2 aromatic rings. The number of anilines is 1. The molecule has 0 unspecified atom stereocenters. The first-order valence-electron chi connectivity index (χ1n) is 9.37. The summed E-state index contributed by atoms with van der Waals surface area (Å²) >= 11 is 5.96. The summed E-state index contributed by atoms with van der Waals surface area (Å²) in [5, 5.41) is 0.257. The van der Waals surface area contributed by atoms with Gasteiger partial charge in [-0.2, -0.15) is 4.31 Å². The number of sulfonamides is 2. The van der Waals surface area contributed by atoms with Gasteiger partial charge in [-0.3, -0.25) is 4.72 Å². The summed E-state index contributed by atoms with van der Waals surface area (Å²) in [5.74, 6) is 0.184. The fourth-order valence-corrected chi connectivity index (χ4v) is 5.94. The van der Waals surface area contributed by atoms with Crippen molar-refractivity contribution in [2.75, 3.05) is 44.6 Å². The number of hydrogen-bond acceptors (Lipinski definition) is 6. The predicted octanol–water partition coefficient (Wildman–Crippen LogP) is 2.48. The Morgan fingerprint density at radius 3 is 2.23 bits per heavy atom. The van der Waals surface area contributed by atoms with E-state index in [1.807, 2.05) is 7.05 Å². The van der Waals surface area contributed by atoms with Gasteiger partial charge in [0, 0.05) is 36.9 Å². The number of piperazine rings is 1. The molecule has 0 saturated carbocycles. The summed E-state index contributed by atoms with van der Waals surface area (Å²) in [6, 6.07) is 9.98. The molecule has 1 heterocycles. The average Bonchev–Trinajstić information content (AvgIpc) is 2.70. The number of halogens is 1. The van der Waals surface area contributed by atoms with Crippen molar-refractivity contribution in [3.8, 4) is 5.75 Å². The molecule has 0 radical (unpaired) electrons. The second-order valence-corrected chi connectivity index (χ2v) is 10.9. The fraction of sp³-hybridized carbons (Fsp3) is 0.368. The Kier molecular flexibility index (Phi) is 6.93. The van der Waals surface area contributed by atoms with Crippen molar-refractivity contribution < 1.29 is 21.6 Å². The number of benzene rings is 2. The summed E-state index contributed by atoms with van der Waals surface area (Å²) in [7, 11) is -5.67. The lowest BCUT2D eigenvalue weighted by Gasteiger charge is -2.31. The van der Waals surface area contributed by atoms with Gasteiger partial charge in [0.1, 0.15) is 10.6 Å². The molecule has 11 heteroatoms. The molecule has 1 aliphatic heterocycles. The third-order valence-corrected chi connectivity index (χ3v) is 8.25. The van der Waals surface area contributed by atoms with Crippen LogP contribution < -0.4 is 9.46 Å². The van der Waals surface area contributed by atoms with Crippen LogP contribution in [0.2, 0.25) is 5.02 Å². The van der Waals surface area contributed by atoms with Gasteiger partial charge in [0.15, 0.2) is 0 Å². The topological polar surface area (TPSA) is 96.0 Å². The van der Waals surface area contributed by atoms with Gasteiger partial charge in [0.2, 0.25) is 10.0 Å². The summed E-state index contributed by atoms with van der Waals surface area (Å²) < 4.78 is 60.5. The highest BCUT2D eigenvalue weighted by molar-refractivity contribution is 7.92. The Balaban J connectivity index is 1.81. The van der Waals surface area contributed by atoms with Crippen LogP contribution in [0.15, 0.2) is 52.3 Å². The minimum atomic E-state index is -3.99. The molecule has 30 heavy (non-hydrogen) atoms. The molecule has 0 aliphatic carbocycles. The molecule has 1 saturated heterocycles. The normalized spacial score (nSPS) is 16.4. The highest BCUT2D eigenvalue weighted by atomic mass is 35.5. The number of hydrogen-bond donors (Lipinski definition) is 1. The molecule has 0 aromatic heterocycles. The van der Waals surface area contributed by atoms with Crippen molar-refractivity contribution in [3.63, 3.8) is 0 Å². The summed E-state index contributed by atoms with van der Waals surface area (Å²) in [5.41, 5.74) is 0.231. The maximum Gasteiger partial charge on any atom is 0.265 e. The van der Waals surface area contributed by atoms with E-state index in [2.05, 4.69) is 9.62 Å². The first-order valence-corrected chi connectivity index (χ1v) is 12.7. The van der Waals surface area contributed by atoms with E-state index in [1.54, 1.807) is 13.0 Å². The van der Waals surface area contributed by atoms with Crippen LogP contribution in [0.25, 0.3) is 0 Å². The van der Waals surface area contributed by atoms with Crippen molar-refractivity contribution in [1.29, 1.82) is 0 Å². The van der Waals surface area contributed by atoms with E-state index in [9.17, 15) is 16.8 Å². The quantitative estimate of drug-likeness (QED) is 0.663. The van der Waals surface area contributed by atoms with Crippen LogP contribution in [-0.2, 0) is 20.0 Å². The van der Waals surface area contributed by atoms with Crippen LogP contribution in [0.5, 0.6) is 5.75 Å². The Morgan fingerprint density at radius 2 is 1.63 bits per heavy atom. The van der Waals surface area contributed by atoms with Crippen LogP contribution in [0.4, 0.5) is 5.69 Å². The molecular formula is C19H24ClN3O5S2. The zero-order valence-electron chi connectivity index (χ0n) is 16.7. The van der Waals surface area contributed by atoms with Gasteiger partial charge in [0.05, 0.1) is 11.5 Å². The Hall–Kier alpha value is -1.85. The first-order chi connectivity index (χ1) is 14.1. The van der Waals surface area contributed by atoms with Crippen LogP contribution in [0.3, 0.4) is 0 Å². The molecule has 8 nitrogen and oxygen atoms in total. The second-order valence-electron chi connectivity index (χ2n) is 6.86. The van der Waals surface area contributed by atoms with Gasteiger partial charge in [0.25, 0.3) is 10.0 Å². The predicted molar refractivity (Wildman–Crippen MR) is 116 cm³/mol. The van der Waals surface area contributed by atoms with E-state index in [0.29, 0.717) is 32.8 Å². The van der Waals surface area contributed by atoms with Crippen LogP contribution in [0, 0.1) is 0 Å². The van der Waals surface area contributed by atoms with Crippen molar-refractivity contribution in [2.45, 2.75) is 16.7 Å². The molecule has 1 aliphatic rings. The number of nitrogens with zero attached hydrogens (tertiary/aromatic N) is 2. The Morgan fingerprint density at radius 1 is 1.00 bits per heavy atom. The Labute approximate surface area is 182 Å². The molecule has 1 fully saturated rings. The Bertz CT molecular complexity index is 1100. The van der Waals surface area contributed by atoms with Crippen LogP contribution >= 0.6 is 11.6 Å². The standard InChI is InChI=1S/C19H24ClN3O5S2/c1-3-28-18-9-4-15(20)14-19(18)29(24,25)21-16-5-7-17(8-6-16)30(26,27)23-12-10-22(2)11-13-23/h4-9,14,21H,3,10-13H2,1-2H3. The largest absolute Gasteiger partial charge is 0.492 e. The number of likely N-dealkylation sites (N-methyl/N-ethyl adjacent to an activating group) is 1. The molecule has 2 aromatic carbocycles. The summed E-state index contributed by atoms with van der Waals surface area (Å²) in [6.07, 6.45) is 0. The van der Waals surface area contributed by atoms with E-state index in [-0.39, 0.29) is 26.3 Å². The van der Waals surface area contributed by atoms with E-state index in [0.717, 1.165) is 0 Å². The highest BCUT2D eigenvalue weighted by Gasteiger charge is 2.27. The number of ether oxygens (including phenoxy) is 1. The van der Waals surface area contributed by atoms with Gasteiger partial charge in [-0.1, -0.05) is 11.6 Å². The maximum absolute atomic E-state index is 12.8. The number of nitrogens with one attached hydrogen (secondary N) is 1. The molecule has 3 rings (SSSR count). The van der Waals surface area contributed by atoms with Crippen LogP contribution in [-0.4, -0.2) is 65.9 Å². The minimum absolute atomic E-state index is 0.0917. The van der Waals surface area contributed by atoms with E-state index in [4.69, 9.17) is 16.3 Å². The first kappa shape index (κ1) is 22.8. The van der Waals surface area contributed by atoms with Gasteiger partial charge in [-0.25, -0.2) is 16.8 Å². The molecule has 0 amide bonds. The zero-order chi connectivity index (χ0) is 21.9. The lowest BCUT2D eigenvalue weighted by Crippen LogP contribution is -2.46. The van der Waals surface area contributed by atoms with Crippen molar-refractivity contribution in [2.24, 2.45) is 0 Å². The zero-order valence-corrected chi connectivity index (χ0v) is 19.1. The van der Waals surface area contributed by atoms with Crippen molar-refractivity contribution in [1.82, 2.24) is 9.21 Å². The molecular weight excluding hydrogens is 450 g/mol. The third kappa shape index (κ3) is 5.06. The third-order valence-electron chi connectivity index (χ3n) is 4.70. The van der Waals surface area contributed by atoms with Crippen molar-refractivity contribution >= 4 is 37.3 Å². The van der Waals surface area contributed by atoms with Gasteiger partial charge in [-0.15, -0.1) is 0 Å². The highest BCUT2D eigenvalue weighted by Crippen LogP contribution is 2.29. The van der Waals surface area contributed by atoms with E-state index >= 15 is 0 Å². The minimum Gasteiger partial charge on any atom is -0.492 e. The summed E-state index contributed by atoms with van der Waals surface area (Å²) in [4.78, 5) is 2.09. The van der Waals surface area contributed by atoms with Crippen LogP contribution in [0.1, 0.15) is 6.92 Å².